The van der Waals surface area contributed by atoms with Crippen LogP contribution in [-0.4, -0.2) is 27.2 Å². The van der Waals surface area contributed by atoms with Crippen LogP contribution in [0.1, 0.15) is 5.56 Å². The summed E-state index contributed by atoms with van der Waals surface area (Å²) in [7, 11) is 4.81. The molecule has 0 atom stereocenters. The van der Waals surface area contributed by atoms with Gasteiger partial charge in [-0.3, -0.25) is 4.99 Å². The third kappa shape index (κ3) is 4.35. The lowest BCUT2D eigenvalue weighted by atomic mass is 10.2. The molecule has 0 unspecified atom stereocenters. The largest absolute Gasteiger partial charge is 0.493 e. The Hall–Kier alpha value is -2.76. The lowest BCUT2D eigenvalue weighted by Gasteiger charge is -2.14. The summed E-state index contributed by atoms with van der Waals surface area (Å²) in [5.41, 5.74) is 1.35. The molecule has 0 bridgehead atoms. The molecule has 0 aliphatic rings. The number of aliphatic imine (C=N–C) groups is 1. The van der Waals surface area contributed by atoms with Crippen LogP contribution in [0.4, 0.5) is 10.1 Å². The van der Waals surface area contributed by atoms with Crippen molar-refractivity contribution in [2.24, 2.45) is 4.99 Å². The minimum atomic E-state index is -0.249. The highest BCUT2D eigenvalue weighted by molar-refractivity contribution is 5.93. The summed E-state index contributed by atoms with van der Waals surface area (Å²) in [5, 5.41) is 6.19. The average molecular weight is 317 g/mol. The van der Waals surface area contributed by atoms with E-state index in [2.05, 4.69) is 15.6 Å². The van der Waals surface area contributed by atoms with Crippen molar-refractivity contribution in [1.29, 1.82) is 0 Å². The minimum absolute atomic E-state index is 0.249. The second-order valence-electron chi connectivity index (χ2n) is 4.71. The summed E-state index contributed by atoms with van der Waals surface area (Å²) >= 11 is 0. The second-order valence-corrected chi connectivity index (χ2v) is 4.71. The monoisotopic (exact) mass is 317 g/mol. The standard InChI is InChI=1S/C17H20FN3O2/c1-19-17(20-11-12-6-4-5-7-14(12)18)21-13-8-9-15(22-2)16(10-13)23-3/h4-10H,11H2,1-3H3,(H2,19,20,21). The van der Waals surface area contributed by atoms with Gasteiger partial charge in [-0.1, -0.05) is 18.2 Å². The SMILES string of the molecule is CN=C(NCc1ccccc1F)Nc1ccc(OC)c(OC)c1. The molecule has 0 spiro atoms. The van der Waals surface area contributed by atoms with Gasteiger partial charge in [0.1, 0.15) is 5.82 Å². The molecule has 23 heavy (non-hydrogen) atoms. The van der Waals surface area contributed by atoms with E-state index in [0.717, 1.165) is 5.69 Å². The Kier molecular flexibility index (Phi) is 5.80. The number of benzene rings is 2. The van der Waals surface area contributed by atoms with Gasteiger partial charge in [0.2, 0.25) is 0 Å². The van der Waals surface area contributed by atoms with E-state index in [0.29, 0.717) is 29.6 Å². The number of hydrogen-bond donors (Lipinski definition) is 2. The van der Waals surface area contributed by atoms with Crippen LogP contribution in [0, 0.1) is 5.82 Å². The van der Waals surface area contributed by atoms with Gasteiger partial charge in [0.25, 0.3) is 0 Å². The number of ether oxygens (including phenoxy) is 2. The zero-order chi connectivity index (χ0) is 16.7. The van der Waals surface area contributed by atoms with Crippen molar-refractivity contribution in [2.45, 2.75) is 6.54 Å². The van der Waals surface area contributed by atoms with Gasteiger partial charge >= 0.3 is 0 Å². The molecule has 2 aromatic rings. The topological polar surface area (TPSA) is 54.9 Å². The smallest absolute Gasteiger partial charge is 0.195 e. The van der Waals surface area contributed by atoms with Crippen molar-refractivity contribution >= 4 is 11.6 Å². The Morgan fingerprint density at radius 1 is 1.09 bits per heavy atom. The quantitative estimate of drug-likeness (QED) is 0.657. The predicted octanol–water partition coefficient (Wildman–Crippen LogP) is 3.03. The highest BCUT2D eigenvalue weighted by Gasteiger charge is 2.07. The van der Waals surface area contributed by atoms with Crippen molar-refractivity contribution in [3.8, 4) is 11.5 Å². The maximum atomic E-state index is 13.6. The summed E-state index contributed by atoms with van der Waals surface area (Å²) in [5.74, 6) is 1.54. The number of rotatable bonds is 5. The molecular weight excluding hydrogens is 297 g/mol. The summed E-state index contributed by atoms with van der Waals surface area (Å²) in [4.78, 5) is 4.13. The van der Waals surface area contributed by atoms with Gasteiger partial charge in [0.15, 0.2) is 17.5 Å². The summed E-state index contributed by atoms with van der Waals surface area (Å²) < 4.78 is 24.1. The fourth-order valence-corrected chi connectivity index (χ4v) is 2.05. The lowest BCUT2D eigenvalue weighted by molar-refractivity contribution is 0.355. The first-order chi connectivity index (χ1) is 11.2. The van der Waals surface area contributed by atoms with Gasteiger partial charge in [0, 0.05) is 30.9 Å². The number of nitrogens with zero attached hydrogens (tertiary/aromatic N) is 1. The molecule has 0 amide bonds. The van der Waals surface area contributed by atoms with E-state index in [-0.39, 0.29) is 5.82 Å². The molecule has 0 aliphatic carbocycles. The van der Waals surface area contributed by atoms with Gasteiger partial charge in [-0.25, -0.2) is 4.39 Å². The number of guanidine groups is 1. The van der Waals surface area contributed by atoms with Crippen molar-refractivity contribution < 1.29 is 13.9 Å². The maximum absolute atomic E-state index is 13.6. The Labute approximate surface area is 135 Å². The predicted molar refractivity (Wildman–Crippen MR) is 89.8 cm³/mol. The first kappa shape index (κ1) is 16.6. The summed E-state index contributed by atoms with van der Waals surface area (Å²) in [6, 6.07) is 12.1. The van der Waals surface area contributed by atoms with Crippen molar-refractivity contribution in [1.82, 2.24) is 5.32 Å². The molecular formula is C17H20FN3O2. The molecule has 0 saturated heterocycles. The molecule has 6 heteroatoms. The third-order valence-corrected chi connectivity index (χ3v) is 3.27. The van der Waals surface area contributed by atoms with Gasteiger partial charge in [-0.2, -0.15) is 0 Å². The highest BCUT2D eigenvalue weighted by Crippen LogP contribution is 2.29. The van der Waals surface area contributed by atoms with E-state index in [1.54, 1.807) is 51.6 Å². The van der Waals surface area contributed by atoms with Crippen LogP contribution in [0.2, 0.25) is 0 Å². The van der Waals surface area contributed by atoms with Gasteiger partial charge in [0.05, 0.1) is 14.2 Å². The van der Waals surface area contributed by atoms with Crippen LogP contribution in [0.3, 0.4) is 0 Å². The van der Waals surface area contributed by atoms with E-state index in [4.69, 9.17) is 9.47 Å². The summed E-state index contributed by atoms with van der Waals surface area (Å²) in [6.45, 7) is 0.333. The number of methoxy groups -OCH3 is 2. The first-order valence-corrected chi connectivity index (χ1v) is 7.11. The van der Waals surface area contributed by atoms with E-state index in [1.165, 1.54) is 6.07 Å². The van der Waals surface area contributed by atoms with Gasteiger partial charge < -0.3 is 20.1 Å². The molecule has 0 aromatic heterocycles. The van der Waals surface area contributed by atoms with Gasteiger partial charge in [-0.05, 0) is 18.2 Å². The Morgan fingerprint density at radius 2 is 1.83 bits per heavy atom. The molecule has 2 aromatic carbocycles. The zero-order valence-electron chi connectivity index (χ0n) is 13.4. The Bertz CT molecular complexity index is 689. The fourth-order valence-electron chi connectivity index (χ4n) is 2.05. The van der Waals surface area contributed by atoms with Crippen molar-refractivity contribution in [3.63, 3.8) is 0 Å². The lowest BCUT2D eigenvalue weighted by Crippen LogP contribution is -2.30. The fraction of sp³-hybridized carbons (Fsp3) is 0.235. The summed E-state index contributed by atoms with van der Waals surface area (Å²) in [6.07, 6.45) is 0. The molecule has 0 aliphatic heterocycles. The van der Waals surface area contributed by atoms with Crippen molar-refractivity contribution in [2.75, 3.05) is 26.6 Å². The third-order valence-electron chi connectivity index (χ3n) is 3.27. The molecule has 2 rings (SSSR count). The number of nitrogens with one attached hydrogen (secondary N) is 2. The number of hydrogen-bond acceptors (Lipinski definition) is 3. The zero-order valence-corrected chi connectivity index (χ0v) is 13.4. The van der Waals surface area contributed by atoms with Crippen LogP contribution >= 0.6 is 0 Å². The average Bonchev–Trinajstić information content (AvgIpc) is 2.59. The van der Waals surface area contributed by atoms with E-state index in [9.17, 15) is 4.39 Å². The Morgan fingerprint density at radius 3 is 2.48 bits per heavy atom. The molecule has 0 saturated carbocycles. The second kappa shape index (κ2) is 8.03. The molecule has 0 fully saturated rings. The Balaban J connectivity index is 2.04. The molecule has 5 nitrogen and oxygen atoms in total. The van der Waals surface area contributed by atoms with Gasteiger partial charge in [-0.15, -0.1) is 0 Å². The molecule has 122 valence electrons. The van der Waals surface area contributed by atoms with Crippen LogP contribution in [0.5, 0.6) is 11.5 Å². The van der Waals surface area contributed by atoms with E-state index >= 15 is 0 Å². The van der Waals surface area contributed by atoms with Crippen molar-refractivity contribution in [3.05, 3.63) is 53.8 Å². The van der Waals surface area contributed by atoms with Crippen LogP contribution < -0.4 is 20.1 Å². The molecule has 0 radical (unpaired) electrons. The minimum Gasteiger partial charge on any atom is -0.493 e. The van der Waals surface area contributed by atoms with Crippen LogP contribution in [0.15, 0.2) is 47.5 Å². The van der Waals surface area contributed by atoms with Crippen LogP contribution in [0.25, 0.3) is 0 Å². The van der Waals surface area contributed by atoms with E-state index < -0.39 is 0 Å². The van der Waals surface area contributed by atoms with Crippen LogP contribution in [-0.2, 0) is 6.54 Å². The highest BCUT2D eigenvalue weighted by atomic mass is 19.1. The first-order valence-electron chi connectivity index (χ1n) is 7.11. The normalized spacial score (nSPS) is 11.0. The molecule has 0 heterocycles. The van der Waals surface area contributed by atoms with E-state index in [1.807, 2.05) is 6.07 Å². The maximum Gasteiger partial charge on any atom is 0.195 e. The number of anilines is 1. The molecule has 2 N–H and O–H groups in total. The number of halogens is 1.